The van der Waals surface area contributed by atoms with Gasteiger partial charge < -0.3 is 5.32 Å². The first-order valence-electron chi connectivity index (χ1n) is 9.84. The van der Waals surface area contributed by atoms with Crippen molar-refractivity contribution in [2.75, 3.05) is 0 Å². The van der Waals surface area contributed by atoms with Gasteiger partial charge in [0.15, 0.2) is 0 Å². The van der Waals surface area contributed by atoms with Crippen molar-refractivity contribution < 1.29 is 4.79 Å². The molecule has 2 aromatic carbocycles. The van der Waals surface area contributed by atoms with E-state index in [9.17, 15) is 4.79 Å². The molecule has 1 N–H and O–H groups in total. The molecule has 1 atom stereocenters. The summed E-state index contributed by atoms with van der Waals surface area (Å²) in [5.74, 6) is -0.165. The number of nitrogens with zero attached hydrogens (tertiary/aromatic N) is 3. The van der Waals surface area contributed by atoms with E-state index in [0.717, 1.165) is 39.2 Å². The van der Waals surface area contributed by atoms with E-state index in [-0.39, 0.29) is 11.9 Å². The molecule has 0 saturated carbocycles. The molecule has 0 spiro atoms. The topological polar surface area (TPSA) is 66.7 Å². The zero-order valence-corrected chi connectivity index (χ0v) is 17.1. The number of aliphatic imine (C=N–C) groups is 2. The van der Waals surface area contributed by atoms with Crippen LogP contribution < -0.4 is 5.32 Å². The maximum absolute atomic E-state index is 12.8. The van der Waals surface area contributed by atoms with Crippen LogP contribution in [0.2, 0.25) is 5.02 Å². The summed E-state index contributed by atoms with van der Waals surface area (Å²) in [5, 5.41) is 3.71. The number of fused-ring (bicyclic) bond motifs is 2. The normalized spacial score (nSPS) is 15.1. The molecule has 5 rings (SSSR count). The number of pyridine rings is 1. The third-order valence-electron chi connectivity index (χ3n) is 5.56. The van der Waals surface area contributed by atoms with E-state index in [1.165, 1.54) is 0 Å². The smallest absolute Gasteiger partial charge is 0.266 e. The van der Waals surface area contributed by atoms with Crippen molar-refractivity contribution in [3.8, 4) is 0 Å². The SMILES string of the molecule is C[C@@H](NC(=O)C1=Nc2cc3c(c(Cl)c2C1)CN=C3c1ccncc1)c1ccccc1. The highest BCUT2D eigenvalue weighted by atomic mass is 35.5. The molecule has 30 heavy (non-hydrogen) atoms. The molecule has 148 valence electrons. The third-order valence-corrected chi connectivity index (χ3v) is 6.01. The van der Waals surface area contributed by atoms with Gasteiger partial charge in [0.2, 0.25) is 0 Å². The average molecular weight is 415 g/mol. The lowest BCUT2D eigenvalue weighted by atomic mass is 9.96. The predicted octanol–water partition coefficient (Wildman–Crippen LogP) is 4.59. The van der Waals surface area contributed by atoms with Gasteiger partial charge in [-0.05, 0) is 30.7 Å². The van der Waals surface area contributed by atoms with Crippen molar-refractivity contribution in [1.82, 2.24) is 10.3 Å². The van der Waals surface area contributed by atoms with Crippen LogP contribution in [0.4, 0.5) is 5.69 Å². The summed E-state index contributed by atoms with van der Waals surface area (Å²) in [7, 11) is 0. The minimum atomic E-state index is -0.165. The van der Waals surface area contributed by atoms with Crippen LogP contribution in [0.15, 0.2) is 70.9 Å². The van der Waals surface area contributed by atoms with E-state index in [0.29, 0.717) is 23.7 Å². The van der Waals surface area contributed by atoms with Gasteiger partial charge >= 0.3 is 0 Å². The highest BCUT2D eigenvalue weighted by molar-refractivity contribution is 6.42. The molecule has 0 saturated heterocycles. The van der Waals surface area contributed by atoms with Crippen molar-refractivity contribution in [2.45, 2.75) is 25.9 Å². The molecule has 2 aliphatic heterocycles. The molecular formula is C24H19ClN4O. The Kier molecular flexibility index (Phi) is 4.68. The summed E-state index contributed by atoms with van der Waals surface area (Å²) in [5.41, 5.74) is 7.06. The molecule has 0 fully saturated rings. The van der Waals surface area contributed by atoms with E-state index in [2.05, 4.69) is 20.3 Å². The van der Waals surface area contributed by atoms with E-state index in [1.807, 2.05) is 55.5 Å². The standard InChI is InChI=1S/C24H19ClN4O/c1-14(15-5-3-2-4-6-15)28-24(30)21-12-18-20(29-21)11-17-19(22(18)25)13-27-23(17)16-7-9-26-10-8-16/h2-11,14H,12-13H2,1H3,(H,28,30)/t14-/m1/s1. The Balaban J connectivity index is 1.42. The van der Waals surface area contributed by atoms with Gasteiger partial charge in [0.1, 0.15) is 5.71 Å². The highest BCUT2D eigenvalue weighted by Crippen LogP contribution is 2.40. The molecule has 1 amide bonds. The van der Waals surface area contributed by atoms with Gasteiger partial charge in [0.05, 0.1) is 29.0 Å². The van der Waals surface area contributed by atoms with E-state index in [1.54, 1.807) is 12.4 Å². The van der Waals surface area contributed by atoms with Crippen LogP contribution in [-0.2, 0) is 17.8 Å². The molecule has 3 heterocycles. The number of nitrogens with one attached hydrogen (secondary N) is 1. The Hall–Kier alpha value is -3.31. The number of aromatic nitrogens is 1. The van der Waals surface area contributed by atoms with Crippen LogP contribution in [-0.4, -0.2) is 22.3 Å². The van der Waals surface area contributed by atoms with Gasteiger partial charge in [-0.15, -0.1) is 0 Å². The minimum Gasteiger partial charge on any atom is -0.344 e. The van der Waals surface area contributed by atoms with Gasteiger partial charge in [-0.2, -0.15) is 0 Å². The van der Waals surface area contributed by atoms with Crippen LogP contribution in [0, 0.1) is 0 Å². The van der Waals surface area contributed by atoms with Crippen LogP contribution in [0.3, 0.4) is 0 Å². The lowest BCUT2D eigenvalue weighted by Gasteiger charge is -2.14. The molecule has 0 radical (unpaired) electrons. The van der Waals surface area contributed by atoms with Crippen molar-refractivity contribution >= 4 is 34.6 Å². The molecule has 2 aliphatic rings. The molecule has 6 heteroatoms. The van der Waals surface area contributed by atoms with Crippen molar-refractivity contribution in [3.05, 3.63) is 93.8 Å². The van der Waals surface area contributed by atoms with Crippen LogP contribution in [0.5, 0.6) is 0 Å². The van der Waals surface area contributed by atoms with Gasteiger partial charge in [-0.25, -0.2) is 4.99 Å². The fourth-order valence-corrected chi connectivity index (χ4v) is 4.27. The van der Waals surface area contributed by atoms with Gasteiger partial charge in [-0.3, -0.25) is 14.8 Å². The molecule has 0 aliphatic carbocycles. The lowest BCUT2D eigenvalue weighted by molar-refractivity contribution is -0.115. The summed E-state index contributed by atoms with van der Waals surface area (Å²) < 4.78 is 0. The number of halogens is 1. The summed E-state index contributed by atoms with van der Waals surface area (Å²) in [4.78, 5) is 26.2. The van der Waals surface area contributed by atoms with E-state index in [4.69, 9.17) is 11.6 Å². The minimum absolute atomic E-state index is 0.101. The second-order valence-corrected chi connectivity index (χ2v) is 7.83. The Bertz CT molecular complexity index is 1200. The number of benzene rings is 2. The Morgan fingerprint density at radius 2 is 1.87 bits per heavy atom. The van der Waals surface area contributed by atoms with Crippen molar-refractivity contribution in [3.63, 3.8) is 0 Å². The van der Waals surface area contributed by atoms with Crippen LogP contribution in [0.25, 0.3) is 0 Å². The Labute approximate surface area is 179 Å². The lowest BCUT2D eigenvalue weighted by Crippen LogP contribution is -2.33. The largest absolute Gasteiger partial charge is 0.344 e. The number of amides is 1. The first-order valence-corrected chi connectivity index (χ1v) is 10.2. The summed E-state index contributed by atoms with van der Waals surface area (Å²) >= 11 is 6.73. The second kappa shape index (κ2) is 7.50. The summed E-state index contributed by atoms with van der Waals surface area (Å²) in [6, 6.07) is 15.6. The molecular weight excluding hydrogens is 396 g/mol. The first kappa shape index (κ1) is 18.7. The van der Waals surface area contributed by atoms with E-state index >= 15 is 0 Å². The van der Waals surface area contributed by atoms with Gasteiger partial charge in [-0.1, -0.05) is 41.9 Å². The van der Waals surface area contributed by atoms with Crippen LogP contribution >= 0.6 is 11.6 Å². The Morgan fingerprint density at radius 1 is 1.10 bits per heavy atom. The van der Waals surface area contributed by atoms with Crippen LogP contribution in [0.1, 0.15) is 40.8 Å². The highest BCUT2D eigenvalue weighted by Gasteiger charge is 2.29. The molecule has 0 unspecified atom stereocenters. The molecule has 3 aromatic rings. The van der Waals surface area contributed by atoms with Crippen molar-refractivity contribution in [1.29, 1.82) is 0 Å². The number of carbonyl (C=O) groups is 1. The fraction of sp³-hybridized carbons (Fsp3) is 0.167. The fourth-order valence-electron chi connectivity index (χ4n) is 3.95. The number of rotatable bonds is 4. The predicted molar refractivity (Wildman–Crippen MR) is 119 cm³/mol. The van der Waals surface area contributed by atoms with Crippen molar-refractivity contribution in [2.24, 2.45) is 9.98 Å². The monoisotopic (exact) mass is 414 g/mol. The second-order valence-electron chi connectivity index (χ2n) is 7.46. The number of hydrogen-bond donors (Lipinski definition) is 1. The quantitative estimate of drug-likeness (QED) is 0.678. The van der Waals surface area contributed by atoms with Gasteiger partial charge in [0, 0.05) is 41.1 Å². The molecule has 1 aromatic heterocycles. The maximum atomic E-state index is 12.8. The molecule has 0 bridgehead atoms. The zero-order chi connectivity index (χ0) is 20.7. The molecule has 5 nitrogen and oxygen atoms in total. The van der Waals surface area contributed by atoms with E-state index < -0.39 is 0 Å². The Morgan fingerprint density at radius 3 is 2.63 bits per heavy atom. The van der Waals surface area contributed by atoms with Gasteiger partial charge in [0.25, 0.3) is 5.91 Å². The number of carbonyl (C=O) groups excluding carboxylic acids is 1. The summed E-state index contributed by atoms with van der Waals surface area (Å²) in [6.45, 7) is 2.50. The first-order chi connectivity index (χ1) is 14.6. The average Bonchev–Trinajstić information content (AvgIpc) is 3.40. The summed E-state index contributed by atoms with van der Waals surface area (Å²) in [6.07, 6.45) is 3.93. The third kappa shape index (κ3) is 3.21. The number of hydrogen-bond acceptors (Lipinski definition) is 4. The maximum Gasteiger partial charge on any atom is 0.266 e. The zero-order valence-electron chi connectivity index (χ0n) is 16.4.